The molecule has 0 aliphatic rings. The second-order valence-corrected chi connectivity index (χ2v) is 5.70. The van der Waals surface area contributed by atoms with Gasteiger partial charge in [-0.3, -0.25) is 0 Å². The van der Waals surface area contributed by atoms with E-state index in [-0.39, 0.29) is 0 Å². The van der Waals surface area contributed by atoms with Crippen LogP contribution in [0.1, 0.15) is 45.1 Å². The maximum atomic E-state index is 5.85. The Hall–Kier alpha value is -0.540. The third-order valence-electron chi connectivity index (χ3n) is 2.84. The molecule has 102 valence electrons. The van der Waals surface area contributed by atoms with Gasteiger partial charge in [0.15, 0.2) is 0 Å². The number of ether oxygens (including phenoxy) is 1. The monoisotopic (exact) mass is 313 g/mol. The van der Waals surface area contributed by atoms with E-state index in [1.165, 1.54) is 18.4 Å². The van der Waals surface area contributed by atoms with Gasteiger partial charge in [0.05, 0.1) is 0 Å². The molecule has 1 aromatic rings. The molecule has 0 atom stereocenters. The Morgan fingerprint density at radius 1 is 1.28 bits per heavy atom. The number of unbranched alkanes of at least 4 members (excludes halogenated alkanes) is 1. The lowest BCUT2D eigenvalue weighted by Crippen LogP contribution is -2.22. The van der Waals surface area contributed by atoms with E-state index in [1.807, 2.05) is 12.1 Å². The summed E-state index contributed by atoms with van der Waals surface area (Å²) in [4.78, 5) is 0. The highest BCUT2D eigenvalue weighted by atomic mass is 79.9. The fourth-order valence-corrected chi connectivity index (χ4v) is 2.14. The Labute approximate surface area is 119 Å². The van der Waals surface area contributed by atoms with Crippen molar-refractivity contribution in [2.45, 2.75) is 39.5 Å². The minimum atomic E-state index is 0.477. The number of halogens is 1. The van der Waals surface area contributed by atoms with Gasteiger partial charge in [0.2, 0.25) is 0 Å². The van der Waals surface area contributed by atoms with Crippen molar-refractivity contribution in [1.82, 2.24) is 5.32 Å². The van der Waals surface area contributed by atoms with Crippen molar-refractivity contribution in [3.63, 3.8) is 0 Å². The van der Waals surface area contributed by atoms with E-state index in [0.29, 0.717) is 5.92 Å². The van der Waals surface area contributed by atoms with Crippen LogP contribution in [0.25, 0.3) is 0 Å². The predicted octanol–water partition coefficient (Wildman–Crippen LogP) is 4.34. The summed E-state index contributed by atoms with van der Waals surface area (Å²) < 4.78 is 6.96. The number of rotatable bonds is 8. The topological polar surface area (TPSA) is 21.3 Å². The molecule has 0 aliphatic carbocycles. The van der Waals surface area contributed by atoms with E-state index in [9.17, 15) is 0 Å². The molecule has 1 aromatic carbocycles. The van der Waals surface area contributed by atoms with Gasteiger partial charge in [-0.2, -0.15) is 0 Å². The highest BCUT2D eigenvalue weighted by molar-refractivity contribution is 9.10. The van der Waals surface area contributed by atoms with Crippen molar-refractivity contribution in [1.29, 1.82) is 0 Å². The Bertz CT molecular complexity index is 352. The molecular weight excluding hydrogens is 290 g/mol. The maximum absolute atomic E-state index is 5.85. The fourth-order valence-electron chi connectivity index (χ4n) is 1.76. The second-order valence-electron chi connectivity index (χ2n) is 4.79. The first-order valence-electron chi connectivity index (χ1n) is 6.78. The van der Waals surface area contributed by atoms with Crippen LogP contribution in [0.2, 0.25) is 0 Å². The molecule has 1 N–H and O–H groups in total. The predicted molar refractivity (Wildman–Crippen MR) is 81.5 cm³/mol. The number of hydrogen-bond donors (Lipinski definition) is 1. The lowest BCUT2D eigenvalue weighted by atomic mass is 10.0. The molecule has 0 unspecified atom stereocenters. The normalized spacial score (nSPS) is 10.9. The van der Waals surface area contributed by atoms with Gasteiger partial charge in [0.1, 0.15) is 12.4 Å². The summed E-state index contributed by atoms with van der Waals surface area (Å²) in [5, 5.41) is 3.38. The van der Waals surface area contributed by atoms with Crippen LogP contribution in [-0.4, -0.2) is 19.7 Å². The molecule has 18 heavy (non-hydrogen) atoms. The minimum Gasteiger partial charge on any atom is -0.492 e. The van der Waals surface area contributed by atoms with Crippen LogP contribution >= 0.6 is 15.9 Å². The summed E-state index contributed by atoms with van der Waals surface area (Å²) in [7, 11) is 0. The maximum Gasteiger partial charge on any atom is 0.122 e. The quantitative estimate of drug-likeness (QED) is 0.721. The highest BCUT2D eigenvalue weighted by Crippen LogP contribution is 2.29. The van der Waals surface area contributed by atoms with Crippen LogP contribution < -0.4 is 10.1 Å². The summed E-state index contributed by atoms with van der Waals surface area (Å²) in [5.41, 5.74) is 1.26. The second kappa shape index (κ2) is 8.54. The van der Waals surface area contributed by atoms with Crippen LogP contribution in [0, 0.1) is 0 Å². The first-order valence-corrected chi connectivity index (χ1v) is 7.57. The van der Waals surface area contributed by atoms with Crippen molar-refractivity contribution >= 4 is 15.9 Å². The van der Waals surface area contributed by atoms with E-state index < -0.39 is 0 Å². The highest BCUT2D eigenvalue weighted by Gasteiger charge is 2.08. The molecular formula is C15H24BrNO. The molecule has 0 amide bonds. The van der Waals surface area contributed by atoms with Gasteiger partial charge in [0.25, 0.3) is 0 Å². The third-order valence-corrected chi connectivity index (χ3v) is 3.33. The molecule has 0 aliphatic heterocycles. The van der Waals surface area contributed by atoms with E-state index in [4.69, 9.17) is 4.74 Å². The molecule has 0 saturated carbocycles. The summed E-state index contributed by atoms with van der Waals surface area (Å²) in [6.07, 6.45) is 2.47. The molecule has 0 saturated heterocycles. The number of hydrogen-bond acceptors (Lipinski definition) is 2. The zero-order chi connectivity index (χ0) is 13.4. The molecule has 0 heterocycles. The molecule has 0 fully saturated rings. The first-order chi connectivity index (χ1) is 8.65. The Kier molecular flexibility index (Phi) is 7.36. The van der Waals surface area contributed by atoms with E-state index >= 15 is 0 Å². The lowest BCUT2D eigenvalue weighted by molar-refractivity contribution is 0.309. The largest absolute Gasteiger partial charge is 0.492 e. The van der Waals surface area contributed by atoms with Crippen LogP contribution in [0.3, 0.4) is 0 Å². The molecule has 0 radical (unpaired) electrons. The molecule has 0 spiro atoms. The zero-order valence-corrected chi connectivity index (χ0v) is 13.2. The lowest BCUT2D eigenvalue weighted by Gasteiger charge is -2.14. The zero-order valence-electron chi connectivity index (χ0n) is 11.6. The van der Waals surface area contributed by atoms with Gasteiger partial charge < -0.3 is 10.1 Å². The summed E-state index contributed by atoms with van der Waals surface area (Å²) in [6.45, 7) is 9.30. The van der Waals surface area contributed by atoms with Crippen LogP contribution in [0.15, 0.2) is 22.7 Å². The van der Waals surface area contributed by atoms with Gasteiger partial charge in [-0.1, -0.05) is 43.1 Å². The number of nitrogens with one attached hydrogen (secondary N) is 1. The third kappa shape index (κ3) is 5.40. The Morgan fingerprint density at radius 2 is 2.06 bits per heavy atom. The summed E-state index contributed by atoms with van der Waals surface area (Å²) >= 11 is 3.51. The molecule has 0 aromatic heterocycles. The Morgan fingerprint density at radius 3 is 2.72 bits per heavy atom. The standard InChI is InChI=1S/C15H24BrNO/c1-4-5-8-17-9-10-18-15-7-6-13(16)11-14(15)12(2)3/h6-7,11-12,17H,4-5,8-10H2,1-3H3. The van der Waals surface area contributed by atoms with Gasteiger partial charge in [-0.15, -0.1) is 0 Å². The fraction of sp³-hybridized carbons (Fsp3) is 0.600. The molecule has 3 heteroatoms. The minimum absolute atomic E-state index is 0.477. The first kappa shape index (κ1) is 15.5. The molecule has 2 nitrogen and oxygen atoms in total. The summed E-state index contributed by atoms with van der Waals surface area (Å²) in [6, 6.07) is 6.22. The van der Waals surface area contributed by atoms with E-state index in [2.05, 4.69) is 48.1 Å². The van der Waals surface area contributed by atoms with E-state index in [1.54, 1.807) is 0 Å². The van der Waals surface area contributed by atoms with Gasteiger partial charge in [-0.25, -0.2) is 0 Å². The average Bonchev–Trinajstić information content (AvgIpc) is 2.35. The van der Waals surface area contributed by atoms with Crippen LogP contribution in [-0.2, 0) is 0 Å². The average molecular weight is 314 g/mol. The summed E-state index contributed by atoms with van der Waals surface area (Å²) in [5.74, 6) is 1.48. The van der Waals surface area contributed by atoms with Crippen LogP contribution in [0.4, 0.5) is 0 Å². The van der Waals surface area contributed by atoms with Crippen molar-refractivity contribution in [2.24, 2.45) is 0 Å². The van der Waals surface area contributed by atoms with Gasteiger partial charge in [0, 0.05) is 11.0 Å². The van der Waals surface area contributed by atoms with Crippen LogP contribution in [0.5, 0.6) is 5.75 Å². The van der Waals surface area contributed by atoms with Crippen molar-refractivity contribution < 1.29 is 4.74 Å². The van der Waals surface area contributed by atoms with Crippen molar-refractivity contribution in [2.75, 3.05) is 19.7 Å². The Balaban J connectivity index is 2.42. The molecule has 0 bridgehead atoms. The van der Waals surface area contributed by atoms with Crippen molar-refractivity contribution in [3.8, 4) is 5.75 Å². The van der Waals surface area contributed by atoms with E-state index in [0.717, 1.165) is 29.9 Å². The number of benzene rings is 1. The molecule has 1 rings (SSSR count). The SMILES string of the molecule is CCCCNCCOc1ccc(Br)cc1C(C)C. The van der Waals surface area contributed by atoms with Crippen molar-refractivity contribution in [3.05, 3.63) is 28.2 Å². The van der Waals surface area contributed by atoms with Gasteiger partial charge >= 0.3 is 0 Å². The van der Waals surface area contributed by atoms with Gasteiger partial charge in [-0.05, 0) is 42.6 Å². The smallest absolute Gasteiger partial charge is 0.122 e.